The van der Waals surface area contributed by atoms with Crippen LogP contribution in [0.4, 0.5) is 22.0 Å². The molecule has 0 fully saturated rings. The van der Waals surface area contributed by atoms with E-state index in [0.717, 1.165) is 35.8 Å². The lowest BCUT2D eigenvalue weighted by Crippen LogP contribution is -2.16. The molecule has 0 spiro atoms. The normalized spacial score (nSPS) is 11.7. The van der Waals surface area contributed by atoms with Crippen LogP contribution in [0.3, 0.4) is 0 Å². The fourth-order valence-electron chi connectivity index (χ4n) is 2.31. The predicted octanol–water partition coefficient (Wildman–Crippen LogP) is 4.24. The van der Waals surface area contributed by atoms with Gasteiger partial charge in [-0.25, -0.2) is 17.5 Å². The highest BCUT2D eigenvalue weighted by atomic mass is 32.1. The molecular formula is C17H11F5N2OS. The van der Waals surface area contributed by atoms with Crippen molar-refractivity contribution in [2.24, 2.45) is 0 Å². The molecule has 0 atom stereocenters. The first kappa shape index (κ1) is 18.2. The zero-order chi connectivity index (χ0) is 18.9. The van der Waals surface area contributed by atoms with Gasteiger partial charge in [-0.1, -0.05) is 18.2 Å². The third kappa shape index (κ3) is 4.16. The summed E-state index contributed by atoms with van der Waals surface area (Å²) in [5.41, 5.74) is -0.331. The molecule has 0 aliphatic heterocycles. The average molecular weight is 386 g/mol. The molecule has 9 heteroatoms. The van der Waals surface area contributed by atoms with Gasteiger partial charge in [0.15, 0.2) is 11.6 Å². The van der Waals surface area contributed by atoms with Crippen molar-refractivity contribution in [3.8, 4) is 0 Å². The van der Waals surface area contributed by atoms with E-state index in [1.807, 2.05) is 0 Å². The molecule has 0 N–H and O–H groups in total. The van der Waals surface area contributed by atoms with Gasteiger partial charge >= 0.3 is 11.9 Å². The molecule has 3 rings (SSSR count). The van der Waals surface area contributed by atoms with Crippen molar-refractivity contribution in [3.05, 3.63) is 86.3 Å². The molecule has 136 valence electrons. The fourth-order valence-corrected chi connectivity index (χ4v) is 3.25. The van der Waals surface area contributed by atoms with Crippen LogP contribution in [0.5, 0.6) is 0 Å². The molecule has 1 aromatic heterocycles. The van der Waals surface area contributed by atoms with E-state index in [4.69, 9.17) is 0 Å². The van der Waals surface area contributed by atoms with E-state index in [2.05, 4.69) is 4.98 Å². The standard InChI is InChI=1S/C17H11F5N2OS/c18-13-6-3-11(7-14(13)19)9-24-16(25)23-15(26-24)8-10-1-4-12(5-2-10)17(20,21)22/h1-7H,8-9H2. The van der Waals surface area contributed by atoms with Crippen molar-refractivity contribution in [2.45, 2.75) is 19.1 Å². The molecule has 0 bridgehead atoms. The van der Waals surface area contributed by atoms with Crippen molar-refractivity contribution in [1.82, 2.24) is 8.94 Å². The molecule has 2 aromatic carbocycles. The Morgan fingerprint density at radius 2 is 1.62 bits per heavy atom. The molecule has 3 aromatic rings. The van der Waals surface area contributed by atoms with Crippen LogP contribution < -0.4 is 5.69 Å². The van der Waals surface area contributed by atoms with Crippen LogP contribution in [0.2, 0.25) is 0 Å². The van der Waals surface area contributed by atoms with E-state index in [9.17, 15) is 26.7 Å². The first-order valence-corrected chi connectivity index (χ1v) is 8.17. The van der Waals surface area contributed by atoms with Crippen molar-refractivity contribution in [3.63, 3.8) is 0 Å². The lowest BCUT2D eigenvalue weighted by molar-refractivity contribution is -0.137. The number of hydrogen-bond acceptors (Lipinski definition) is 3. The van der Waals surface area contributed by atoms with E-state index < -0.39 is 29.1 Å². The number of rotatable bonds is 4. The summed E-state index contributed by atoms with van der Waals surface area (Å²) in [6.45, 7) is 0.0285. The number of benzene rings is 2. The van der Waals surface area contributed by atoms with Gasteiger partial charge in [-0.3, -0.25) is 0 Å². The lowest BCUT2D eigenvalue weighted by atomic mass is 10.1. The Balaban J connectivity index is 1.75. The number of nitrogens with zero attached hydrogens (tertiary/aromatic N) is 2. The minimum absolute atomic E-state index is 0.0285. The van der Waals surface area contributed by atoms with Crippen molar-refractivity contribution < 1.29 is 22.0 Å². The summed E-state index contributed by atoms with van der Waals surface area (Å²) in [6.07, 6.45) is -4.21. The van der Waals surface area contributed by atoms with Gasteiger partial charge in [0, 0.05) is 6.42 Å². The highest BCUT2D eigenvalue weighted by molar-refractivity contribution is 7.06. The van der Waals surface area contributed by atoms with Gasteiger partial charge in [0.2, 0.25) is 0 Å². The number of halogens is 5. The zero-order valence-corrected chi connectivity index (χ0v) is 13.9. The van der Waals surface area contributed by atoms with Crippen LogP contribution in [0.25, 0.3) is 0 Å². The Kier molecular flexibility index (Phi) is 4.90. The molecule has 0 unspecified atom stereocenters. The molecule has 26 heavy (non-hydrogen) atoms. The topological polar surface area (TPSA) is 34.9 Å². The molecular weight excluding hydrogens is 375 g/mol. The molecule has 0 radical (unpaired) electrons. The molecule has 0 saturated heterocycles. The third-order valence-electron chi connectivity index (χ3n) is 3.60. The SMILES string of the molecule is O=c1nc(Cc2ccc(C(F)(F)F)cc2)sn1Cc1ccc(F)c(F)c1. The van der Waals surface area contributed by atoms with Gasteiger partial charge in [-0.15, -0.1) is 0 Å². The van der Waals surface area contributed by atoms with Crippen LogP contribution >= 0.6 is 11.5 Å². The summed E-state index contributed by atoms with van der Waals surface area (Å²) in [4.78, 5) is 15.8. The monoisotopic (exact) mass is 386 g/mol. The fraction of sp³-hybridized carbons (Fsp3) is 0.176. The summed E-state index contributed by atoms with van der Waals surface area (Å²) in [5.74, 6) is -1.99. The molecule has 0 saturated carbocycles. The van der Waals surface area contributed by atoms with Crippen molar-refractivity contribution in [1.29, 1.82) is 0 Å². The Hall–Kier alpha value is -2.55. The maximum atomic E-state index is 13.2. The van der Waals surface area contributed by atoms with Crippen LogP contribution in [-0.2, 0) is 19.1 Å². The third-order valence-corrected chi connectivity index (χ3v) is 4.55. The Labute approximate surface area is 148 Å². The summed E-state index contributed by atoms with van der Waals surface area (Å²) in [5, 5.41) is 0.414. The molecule has 3 nitrogen and oxygen atoms in total. The second-order valence-electron chi connectivity index (χ2n) is 5.54. The molecule has 0 aliphatic carbocycles. The average Bonchev–Trinajstić information content (AvgIpc) is 2.90. The quantitative estimate of drug-likeness (QED) is 0.629. The summed E-state index contributed by atoms with van der Waals surface area (Å²) >= 11 is 1.02. The molecule has 0 aliphatic rings. The number of alkyl halides is 3. The maximum absolute atomic E-state index is 13.2. The predicted molar refractivity (Wildman–Crippen MR) is 86.1 cm³/mol. The minimum Gasteiger partial charge on any atom is -0.245 e. The first-order chi connectivity index (χ1) is 12.2. The van der Waals surface area contributed by atoms with Gasteiger partial charge in [-0.2, -0.15) is 18.2 Å². The van der Waals surface area contributed by atoms with Crippen molar-refractivity contribution in [2.75, 3.05) is 0 Å². The summed E-state index contributed by atoms with van der Waals surface area (Å²) in [7, 11) is 0. The van der Waals surface area contributed by atoms with E-state index in [1.54, 1.807) is 0 Å². The van der Waals surface area contributed by atoms with E-state index >= 15 is 0 Å². The van der Waals surface area contributed by atoms with E-state index in [-0.39, 0.29) is 13.0 Å². The number of hydrogen-bond donors (Lipinski definition) is 0. The first-order valence-electron chi connectivity index (χ1n) is 7.39. The van der Waals surface area contributed by atoms with Gasteiger partial charge in [0.1, 0.15) is 5.01 Å². The number of aromatic nitrogens is 2. The van der Waals surface area contributed by atoms with Crippen LogP contribution in [0.15, 0.2) is 47.3 Å². The van der Waals surface area contributed by atoms with Crippen molar-refractivity contribution >= 4 is 11.5 Å². The van der Waals surface area contributed by atoms with Gasteiger partial charge in [0.05, 0.1) is 12.1 Å². The largest absolute Gasteiger partial charge is 0.416 e. The maximum Gasteiger partial charge on any atom is 0.416 e. The highest BCUT2D eigenvalue weighted by Crippen LogP contribution is 2.29. The van der Waals surface area contributed by atoms with E-state index in [1.165, 1.54) is 22.2 Å². The Morgan fingerprint density at radius 1 is 0.962 bits per heavy atom. The van der Waals surface area contributed by atoms with Gasteiger partial charge < -0.3 is 0 Å². The van der Waals surface area contributed by atoms with Gasteiger partial charge in [-0.05, 0) is 46.9 Å². The van der Waals surface area contributed by atoms with Crippen LogP contribution in [0.1, 0.15) is 21.7 Å². The Bertz CT molecular complexity index is 976. The van der Waals surface area contributed by atoms with Crippen LogP contribution in [0, 0.1) is 11.6 Å². The summed E-state index contributed by atoms with van der Waals surface area (Å²) < 4.78 is 65.1. The van der Waals surface area contributed by atoms with Crippen LogP contribution in [-0.4, -0.2) is 8.94 Å². The smallest absolute Gasteiger partial charge is 0.245 e. The summed E-state index contributed by atoms with van der Waals surface area (Å²) in [6, 6.07) is 7.92. The second kappa shape index (κ2) is 6.99. The Morgan fingerprint density at radius 3 is 2.23 bits per heavy atom. The lowest BCUT2D eigenvalue weighted by Gasteiger charge is -2.06. The van der Waals surface area contributed by atoms with E-state index in [0.29, 0.717) is 16.1 Å². The highest BCUT2D eigenvalue weighted by Gasteiger charge is 2.29. The van der Waals surface area contributed by atoms with Gasteiger partial charge in [0.25, 0.3) is 0 Å². The zero-order valence-electron chi connectivity index (χ0n) is 13.1. The molecule has 0 amide bonds. The second-order valence-corrected chi connectivity index (χ2v) is 6.63. The minimum atomic E-state index is -4.41. The molecule has 1 heterocycles.